The van der Waals surface area contributed by atoms with E-state index in [1.807, 2.05) is 0 Å². The summed E-state index contributed by atoms with van der Waals surface area (Å²) in [4.78, 5) is 12.4. The summed E-state index contributed by atoms with van der Waals surface area (Å²) in [7, 11) is 0. The van der Waals surface area contributed by atoms with E-state index in [4.69, 9.17) is 0 Å². The minimum Gasteiger partial charge on any atom is -0.352 e. The number of carbonyl (C=O) groups is 1. The lowest BCUT2D eigenvalue weighted by Crippen LogP contribution is -2.44. The van der Waals surface area contributed by atoms with Crippen LogP contribution in [0.3, 0.4) is 0 Å². The van der Waals surface area contributed by atoms with E-state index in [-0.39, 0.29) is 12.0 Å². The topological polar surface area (TPSA) is 29.1 Å². The van der Waals surface area contributed by atoms with E-state index < -0.39 is 0 Å². The molecule has 3 heteroatoms. The van der Waals surface area contributed by atoms with Crippen LogP contribution in [0.2, 0.25) is 0 Å². The molecule has 0 heterocycles. The number of rotatable bonds is 4. The van der Waals surface area contributed by atoms with Crippen molar-refractivity contribution in [1.29, 1.82) is 0 Å². The van der Waals surface area contributed by atoms with Crippen molar-refractivity contribution in [2.75, 3.05) is 5.33 Å². The first kappa shape index (κ1) is 15.3. The van der Waals surface area contributed by atoms with Crippen molar-refractivity contribution in [3.8, 4) is 0 Å². The number of alkyl halides is 1. The average Bonchev–Trinajstić information content (AvgIpc) is 2.43. The monoisotopic (exact) mass is 329 g/mol. The number of hydrogen-bond acceptors (Lipinski definition) is 1. The van der Waals surface area contributed by atoms with Gasteiger partial charge in [-0.05, 0) is 37.0 Å². The van der Waals surface area contributed by atoms with Crippen LogP contribution in [0, 0.1) is 23.7 Å². The number of halogens is 1. The molecular formula is C16H28BrNO. The van der Waals surface area contributed by atoms with Crippen LogP contribution in [0.25, 0.3) is 0 Å². The molecule has 110 valence electrons. The molecule has 2 saturated carbocycles. The predicted molar refractivity (Wildman–Crippen MR) is 83.4 cm³/mol. The Bertz CT molecular complexity index is 305. The van der Waals surface area contributed by atoms with Crippen LogP contribution in [-0.2, 0) is 4.79 Å². The van der Waals surface area contributed by atoms with Crippen molar-refractivity contribution in [3.05, 3.63) is 0 Å². The van der Waals surface area contributed by atoms with E-state index in [9.17, 15) is 4.79 Å². The van der Waals surface area contributed by atoms with Gasteiger partial charge in [0.05, 0.1) is 0 Å². The molecule has 2 fully saturated rings. The molecule has 0 radical (unpaired) electrons. The van der Waals surface area contributed by atoms with Crippen LogP contribution in [0.4, 0.5) is 0 Å². The highest BCUT2D eigenvalue weighted by Gasteiger charge is 2.35. The Kier molecular flexibility index (Phi) is 5.73. The highest BCUT2D eigenvalue weighted by molar-refractivity contribution is 9.09. The zero-order valence-electron chi connectivity index (χ0n) is 12.3. The second kappa shape index (κ2) is 7.10. The molecule has 0 aliphatic heterocycles. The Morgan fingerprint density at radius 1 is 1.16 bits per heavy atom. The summed E-state index contributed by atoms with van der Waals surface area (Å²) < 4.78 is 0. The van der Waals surface area contributed by atoms with Gasteiger partial charge in [-0.15, -0.1) is 0 Å². The largest absolute Gasteiger partial charge is 0.352 e. The van der Waals surface area contributed by atoms with Crippen LogP contribution >= 0.6 is 15.9 Å². The highest BCUT2D eigenvalue weighted by Crippen LogP contribution is 2.42. The van der Waals surface area contributed by atoms with E-state index in [0.29, 0.717) is 11.8 Å². The molecule has 0 aromatic rings. The van der Waals surface area contributed by atoms with E-state index in [1.54, 1.807) is 0 Å². The molecule has 4 atom stereocenters. The number of carbonyl (C=O) groups excluding carboxylic acids is 1. The molecule has 0 bridgehead atoms. The minimum absolute atomic E-state index is 0.275. The Morgan fingerprint density at radius 2 is 1.84 bits per heavy atom. The average molecular weight is 330 g/mol. The molecule has 0 aromatic carbocycles. The van der Waals surface area contributed by atoms with E-state index in [1.165, 1.54) is 32.1 Å². The molecule has 0 aromatic heterocycles. The summed E-state index contributed by atoms with van der Waals surface area (Å²) >= 11 is 3.51. The molecule has 2 rings (SSSR count). The molecule has 1 amide bonds. The fourth-order valence-electron chi connectivity index (χ4n) is 3.80. The maximum atomic E-state index is 12.4. The van der Waals surface area contributed by atoms with E-state index in [2.05, 4.69) is 35.1 Å². The van der Waals surface area contributed by atoms with Crippen LogP contribution in [0.15, 0.2) is 0 Å². The van der Waals surface area contributed by atoms with Gasteiger partial charge < -0.3 is 5.32 Å². The SMILES string of the molecule is CC(C)C(CBr)NC(=O)C1CCC2CCCCC2C1. The smallest absolute Gasteiger partial charge is 0.223 e. The van der Waals surface area contributed by atoms with Crippen LogP contribution < -0.4 is 5.32 Å². The zero-order chi connectivity index (χ0) is 13.8. The first-order chi connectivity index (χ1) is 9.11. The Morgan fingerprint density at radius 3 is 2.47 bits per heavy atom. The second-order valence-corrected chi connectivity index (χ2v) is 7.48. The lowest BCUT2D eigenvalue weighted by atomic mass is 9.67. The zero-order valence-corrected chi connectivity index (χ0v) is 13.9. The van der Waals surface area contributed by atoms with Gasteiger partial charge in [-0.25, -0.2) is 0 Å². The third kappa shape index (κ3) is 3.96. The second-order valence-electron chi connectivity index (χ2n) is 6.83. The summed E-state index contributed by atoms with van der Waals surface area (Å²) in [5, 5.41) is 4.10. The molecule has 4 unspecified atom stereocenters. The quantitative estimate of drug-likeness (QED) is 0.772. The first-order valence-corrected chi connectivity index (χ1v) is 9.10. The van der Waals surface area contributed by atoms with Gasteiger partial charge in [0.2, 0.25) is 5.91 Å². The molecular weight excluding hydrogens is 302 g/mol. The Labute approximate surface area is 126 Å². The predicted octanol–water partition coefficient (Wildman–Crippen LogP) is 4.13. The van der Waals surface area contributed by atoms with Crippen LogP contribution in [-0.4, -0.2) is 17.3 Å². The summed E-state index contributed by atoms with van der Waals surface area (Å²) in [5.74, 6) is 2.84. The van der Waals surface area contributed by atoms with Crippen LogP contribution in [0.1, 0.15) is 58.8 Å². The molecule has 19 heavy (non-hydrogen) atoms. The molecule has 2 nitrogen and oxygen atoms in total. The Hall–Kier alpha value is -0.0500. The molecule has 1 N–H and O–H groups in total. The normalized spacial score (nSPS) is 32.7. The minimum atomic E-state index is 0.275. The van der Waals surface area contributed by atoms with Crippen molar-refractivity contribution in [2.24, 2.45) is 23.7 Å². The summed E-state index contributed by atoms with van der Waals surface area (Å²) in [5.41, 5.74) is 0. The van der Waals surface area contributed by atoms with Gasteiger partial charge in [0.1, 0.15) is 0 Å². The van der Waals surface area contributed by atoms with Gasteiger partial charge in [0.25, 0.3) is 0 Å². The maximum Gasteiger partial charge on any atom is 0.223 e. The summed E-state index contributed by atoms with van der Waals surface area (Å²) in [6, 6.07) is 0.275. The number of fused-ring (bicyclic) bond motifs is 1. The van der Waals surface area contributed by atoms with E-state index in [0.717, 1.165) is 30.0 Å². The number of nitrogens with one attached hydrogen (secondary N) is 1. The van der Waals surface area contributed by atoms with Crippen molar-refractivity contribution in [2.45, 2.75) is 64.8 Å². The van der Waals surface area contributed by atoms with E-state index >= 15 is 0 Å². The number of hydrogen-bond donors (Lipinski definition) is 1. The van der Waals surface area contributed by atoms with Gasteiger partial charge >= 0.3 is 0 Å². The third-order valence-electron chi connectivity index (χ3n) is 5.21. The third-order valence-corrected chi connectivity index (χ3v) is 5.91. The molecule has 0 saturated heterocycles. The Balaban J connectivity index is 1.86. The fraction of sp³-hybridized carbons (Fsp3) is 0.938. The maximum absolute atomic E-state index is 12.4. The standard InChI is InChI=1S/C16H28BrNO/c1-11(2)15(10-17)18-16(19)14-8-7-12-5-3-4-6-13(12)9-14/h11-15H,3-10H2,1-2H3,(H,18,19). The van der Waals surface area contributed by atoms with Crippen molar-refractivity contribution >= 4 is 21.8 Å². The van der Waals surface area contributed by atoms with Crippen molar-refractivity contribution in [1.82, 2.24) is 5.32 Å². The van der Waals surface area contributed by atoms with Gasteiger partial charge in [0, 0.05) is 17.3 Å². The van der Waals surface area contributed by atoms with Crippen molar-refractivity contribution in [3.63, 3.8) is 0 Å². The lowest BCUT2D eigenvalue weighted by Gasteiger charge is -2.39. The highest BCUT2D eigenvalue weighted by atomic mass is 79.9. The number of amides is 1. The van der Waals surface area contributed by atoms with Crippen molar-refractivity contribution < 1.29 is 4.79 Å². The lowest BCUT2D eigenvalue weighted by molar-refractivity contribution is -0.128. The summed E-state index contributed by atoms with van der Waals surface area (Å²) in [6.07, 6.45) is 9.10. The molecule has 2 aliphatic rings. The van der Waals surface area contributed by atoms with Gasteiger partial charge in [-0.2, -0.15) is 0 Å². The molecule has 0 spiro atoms. The first-order valence-electron chi connectivity index (χ1n) is 7.98. The van der Waals surface area contributed by atoms with Gasteiger partial charge in [-0.3, -0.25) is 4.79 Å². The van der Waals surface area contributed by atoms with Crippen LogP contribution in [0.5, 0.6) is 0 Å². The van der Waals surface area contributed by atoms with Gasteiger partial charge in [-0.1, -0.05) is 55.5 Å². The molecule has 2 aliphatic carbocycles. The van der Waals surface area contributed by atoms with Gasteiger partial charge in [0.15, 0.2) is 0 Å². The summed E-state index contributed by atoms with van der Waals surface area (Å²) in [6.45, 7) is 4.34. The fourth-order valence-corrected chi connectivity index (χ4v) is 4.71.